The Bertz CT molecular complexity index is 999. The van der Waals surface area contributed by atoms with Crippen molar-refractivity contribution in [3.63, 3.8) is 0 Å². The molecule has 2 aromatic carbocycles. The Morgan fingerprint density at radius 3 is 2.92 bits per heavy atom. The highest BCUT2D eigenvalue weighted by Crippen LogP contribution is 2.28. The van der Waals surface area contributed by atoms with Crippen molar-refractivity contribution in [3.8, 4) is 0 Å². The molecule has 4 rings (SSSR count). The Hall–Kier alpha value is -2.44. The highest BCUT2D eigenvalue weighted by molar-refractivity contribution is 7.99. The summed E-state index contributed by atoms with van der Waals surface area (Å²) in [5.74, 6) is 0.451. The number of aromatic nitrogens is 1. The molecule has 7 heteroatoms. The summed E-state index contributed by atoms with van der Waals surface area (Å²) in [4.78, 5) is 28.6. The van der Waals surface area contributed by atoms with Gasteiger partial charge < -0.3 is 15.6 Å². The Morgan fingerprint density at radius 2 is 2.04 bits per heavy atom. The molecule has 2 heterocycles. The van der Waals surface area contributed by atoms with E-state index in [0.717, 1.165) is 21.6 Å². The minimum atomic E-state index is -0.269. The van der Waals surface area contributed by atoms with Gasteiger partial charge in [0.05, 0.1) is 5.56 Å². The first-order valence-corrected chi connectivity index (χ1v) is 9.11. The largest absolute Gasteiger partial charge is 0.351 e. The number of carbonyl (C=O) groups excluding carboxylic acids is 2. The number of aromatic amines is 1. The van der Waals surface area contributed by atoms with Crippen LogP contribution in [0.3, 0.4) is 0 Å². The van der Waals surface area contributed by atoms with Crippen LogP contribution in [-0.4, -0.2) is 29.1 Å². The average molecular weight is 372 g/mol. The molecule has 126 valence electrons. The van der Waals surface area contributed by atoms with Crippen LogP contribution in [-0.2, 0) is 0 Å². The van der Waals surface area contributed by atoms with Gasteiger partial charge in [0, 0.05) is 38.8 Å². The fraction of sp³-hybridized carbons (Fsp3) is 0.111. The van der Waals surface area contributed by atoms with Crippen LogP contribution in [0.5, 0.6) is 0 Å². The van der Waals surface area contributed by atoms with Gasteiger partial charge in [-0.2, -0.15) is 0 Å². The molecule has 1 aromatic heterocycles. The second kappa shape index (κ2) is 6.46. The van der Waals surface area contributed by atoms with Crippen molar-refractivity contribution >= 4 is 51.8 Å². The zero-order valence-corrected chi connectivity index (χ0v) is 14.6. The lowest BCUT2D eigenvalue weighted by atomic mass is 10.2. The number of benzene rings is 2. The highest BCUT2D eigenvalue weighted by Gasteiger charge is 2.17. The number of fused-ring (bicyclic) bond motifs is 2. The number of carbonyl (C=O) groups is 2. The van der Waals surface area contributed by atoms with Gasteiger partial charge in [0.25, 0.3) is 11.8 Å². The molecule has 0 bridgehead atoms. The van der Waals surface area contributed by atoms with Crippen LogP contribution in [0, 0.1) is 0 Å². The smallest absolute Gasteiger partial charge is 0.272 e. The molecule has 0 saturated carbocycles. The lowest BCUT2D eigenvalue weighted by molar-refractivity contribution is 0.0953. The first-order chi connectivity index (χ1) is 12.1. The van der Waals surface area contributed by atoms with Crippen LogP contribution in [0.2, 0.25) is 5.02 Å². The molecular formula is C18H14ClN3O2S. The van der Waals surface area contributed by atoms with Crippen molar-refractivity contribution in [2.75, 3.05) is 17.6 Å². The number of thioether (sulfide) groups is 1. The van der Waals surface area contributed by atoms with Crippen LogP contribution in [0.4, 0.5) is 5.69 Å². The quantitative estimate of drug-likeness (QED) is 0.639. The van der Waals surface area contributed by atoms with Gasteiger partial charge in [0.2, 0.25) is 0 Å². The van der Waals surface area contributed by atoms with E-state index in [-0.39, 0.29) is 11.8 Å². The third-order valence-corrected chi connectivity index (χ3v) is 5.27. The fourth-order valence-electron chi connectivity index (χ4n) is 2.76. The SMILES string of the molecule is O=C(Nc1ccc2c(c1)C(=O)NCCS2)c1cc2cc(Cl)ccc2[nH]1. The minimum Gasteiger partial charge on any atom is -0.351 e. The third kappa shape index (κ3) is 3.23. The molecule has 0 atom stereocenters. The predicted octanol–water partition coefficient (Wildman–Crippen LogP) is 3.91. The third-order valence-electron chi connectivity index (χ3n) is 3.95. The molecule has 25 heavy (non-hydrogen) atoms. The molecule has 3 aromatic rings. The van der Waals surface area contributed by atoms with Gasteiger partial charge in [-0.15, -0.1) is 11.8 Å². The zero-order chi connectivity index (χ0) is 17.4. The van der Waals surface area contributed by atoms with E-state index in [9.17, 15) is 9.59 Å². The maximum atomic E-state index is 12.5. The summed E-state index contributed by atoms with van der Waals surface area (Å²) in [6.07, 6.45) is 0. The molecule has 0 saturated heterocycles. The van der Waals surface area contributed by atoms with Crippen LogP contribution in [0.1, 0.15) is 20.8 Å². The monoisotopic (exact) mass is 371 g/mol. The molecule has 0 radical (unpaired) electrons. The number of nitrogens with one attached hydrogen (secondary N) is 3. The molecular weight excluding hydrogens is 358 g/mol. The first-order valence-electron chi connectivity index (χ1n) is 7.75. The Morgan fingerprint density at radius 1 is 1.16 bits per heavy atom. The maximum absolute atomic E-state index is 12.5. The van der Waals surface area contributed by atoms with Crippen molar-refractivity contribution in [2.24, 2.45) is 0 Å². The molecule has 5 nitrogen and oxygen atoms in total. The highest BCUT2D eigenvalue weighted by atomic mass is 35.5. The van der Waals surface area contributed by atoms with Gasteiger partial charge in [0.1, 0.15) is 5.69 Å². The zero-order valence-electron chi connectivity index (χ0n) is 13.1. The molecule has 0 spiro atoms. The molecule has 3 N–H and O–H groups in total. The van der Waals surface area contributed by atoms with Gasteiger partial charge in [-0.1, -0.05) is 11.6 Å². The van der Waals surface area contributed by atoms with Crippen LogP contribution >= 0.6 is 23.4 Å². The van der Waals surface area contributed by atoms with E-state index in [1.54, 1.807) is 36.0 Å². The van der Waals surface area contributed by atoms with Gasteiger partial charge in [-0.05, 0) is 42.5 Å². The fourth-order valence-corrected chi connectivity index (χ4v) is 3.83. The van der Waals surface area contributed by atoms with Gasteiger partial charge >= 0.3 is 0 Å². The predicted molar refractivity (Wildman–Crippen MR) is 101 cm³/mol. The number of hydrogen-bond donors (Lipinski definition) is 3. The minimum absolute atomic E-state index is 0.114. The first kappa shape index (κ1) is 16.1. The molecule has 0 aliphatic carbocycles. The van der Waals surface area contributed by atoms with E-state index >= 15 is 0 Å². The van der Waals surface area contributed by atoms with Crippen LogP contribution in [0.15, 0.2) is 47.4 Å². The molecule has 1 aliphatic rings. The normalized spacial score (nSPS) is 13.9. The van der Waals surface area contributed by atoms with Crippen molar-refractivity contribution in [3.05, 3.63) is 58.7 Å². The second-order valence-corrected chi connectivity index (χ2v) is 7.26. The number of rotatable bonds is 2. The van der Waals surface area contributed by atoms with Crippen LogP contribution < -0.4 is 10.6 Å². The van der Waals surface area contributed by atoms with E-state index in [1.807, 2.05) is 18.2 Å². The number of H-pyrrole nitrogens is 1. The standard InChI is InChI=1S/C18H14ClN3O2S/c19-11-1-3-14-10(7-11)8-15(22-14)18(24)21-12-2-4-16-13(9-12)17(23)20-5-6-25-16/h1-4,7-9,22H,5-6H2,(H,20,23)(H,21,24). The second-order valence-electron chi connectivity index (χ2n) is 5.68. The van der Waals surface area contributed by atoms with E-state index in [4.69, 9.17) is 11.6 Å². The van der Waals surface area contributed by atoms with E-state index < -0.39 is 0 Å². The summed E-state index contributed by atoms with van der Waals surface area (Å²) in [6, 6.07) is 12.5. The Labute approximate surface area is 153 Å². The van der Waals surface area contributed by atoms with E-state index in [2.05, 4.69) is 15.6 Å². The summed E-state index contributed by atoms with van der Waals surface area (Å²) in [5.41, 5.74) is 2.44. The molecule has 0 unspecified atom stereocenters. The van der Waals surface area contributed by atoms with Crippen molar-refractivity contribution in [1.29, 1.82) is 0 Å². The van der Waals surface area contributed by atoms with Crippen molar-refractivity contribution < 1.29 is 9.59 Å². The number of anilines is 1. The summed E-state index contributed by atoms with van der Waals surface area (Å²) in [7, 11) is 0. The Kier molecular flexibility index (Phi) is 4.15. The average Bonchev–Trinajstić information content (AvgIpc) is 2.93. The summed E-state index contributed by atoms with van der Waals surface area (Å²) >= 11 is 7.60. The summed E-state index contributed by atoms with van der Waals surface area (Å²) in [6.45, 7) is 0.636. The van der Waals surface area contributed by atoms with Crippen LogP contribution in [0.25, 0.3) is 10.9 Å². The summed E-state index contributed by atoms with van der Waals surface area (Å²) in [5, 5.41) is 7.17. The van der Waals surface area contributed by atoms with Gasteiger partial charge in [0.15, 0.2) is 0 Å². The van der Waals surface area contributed by atoms with Crippen molar-refractivity contribution in [1.82, 2.24) is 10.3 Å². The molecule has 0 fully saturated rings. The molecule has 2 amide bonds. The topological polar surface area (TPSA) is 74.0 Å². The molecule has 1 aliphatic heterocycles. The van der Waals surface area contributed by atoms with Crippen molar-refractivity contribution in [2.45, 2.75) is 4.90 Å². The van der Waals surface area contributed by atoms with Gasteiger partial charge in [-0.25, -0.2) is 0 Å². The van der Waals surface area contributed by atoms with E-state index in [1.165, 1.54) is 0 Å². The number of hydrogen-bond acceptors (Lipinski definition) is 3. The summed E-state index contributed by atoms with van der Waals surface area (Å²) < 4.78 is 0. The number of halogens is 1. The number of amides is 2. The maximum Gasteiger partial charge on any atom is 0.272 e. The Balaban J connectivity index is 1.60. The lowest BCUT2D eigenvalue weighted by Crippen LogP contribution is -2.24. The van der Waals surface area contributed by atoms with Gasteiger partial charge in [-0.3, -0.25) is 9.59 Å². The lowest BCUT2D eigenvalue weighted by Gasteiger charge is -2.08. The van der Waals surface area contributed by atoms with E-state index in [0.29, 0.717) is 28.5 Å².